The van der Waals surface area contributed by atoms with Crippen LogP contribution >= 0.6 is 43.1 Å². The van der Waals surface area contributed by atoms with Crippen molar-refractivity contribution in [2.45, 2.75) is 80.4 Å². The zero-order valence-corrected chi connectivity index (χ0v) is 79.0. The third kappa shape index (κ3) is 25.0. The topological polar surface area (TPSA) is 0 Å². The molecule has 18 aromatic carbocycles. The van der Waals surface area contributed by atoms with Crippen molar-refractivity contribution < 1.29 is 113 Å². The second-order valence-electron chi connectivity index (χ2n) is 30.8. The van der Waals surface area contributed by atoms with E-state index in [9.17, 15) is 77.9 Å². The predicted molar refractivity (Wildman–Crippen MR) is 515 cm³/mol. The fourth-order valence-electron chi connectivity index (χ4n) is 15.2. The molecule has 0 aromatic heterocycles. The average molecular weight is 2100 g/mol. The first-order valence-corrected chi connectivity index (χ1v) is 50.4. The van der Waals surface area contributed by atoms with E-state index in [0.717, 1.165) is 0 Å². The third-order valence-electron chi connectivity index (χ3n) is 21.4. The molecule has 34 heteroatoms. The fraction of sp³-hybridized carbons (Fsp3) is 0.00917. The smallest absolute Gasteiger partial charge is 0.200 e. The summed E-state index contributed by atoms with van der Waals surface area (Å²) >= 11 is 5.44. The summed E-state index contributed by atoms with van der Waals surface area (Å²) in [4.78, 5) is 19.7. The number of halogens is 26. The van der Waals surface area contributed by atoms with Crippen LogP contribution in [-0.4, -0.2) is 6.15 Å². The quantitative estimate of drug-likeness (QED) is 0.0176. The van der Waals surface area contributed by atoms with E-state index in [1.54, 1.807) is 23.5 Å². The minimum atomic E-state index is -10.7. The summed E-state index contributed by atoms with van der Waals surface area (Å²) in [7, 11) is -11.0. The zero-order chi connectivity index (χ0) is 102. The molecule has 728 valence electrons. The average Bonchev–Trinajstić information content (AvgIpc) is 0.677. The first-order valence-electron chi connectivity index (χ1n) is 42.2. The number of aryl methyl sites for hydroxylation is 1. The number of hydrogen-bond acceptors (Lipinski definition) is 3. The first-order chi connectivity index (χ1) is 68.2. The molecule has 0 saturated heterocycles. The molecule has 18 rings (SSSR count). The molecular formula is C109H67BF26PS6+. The van der Waals surface area contributed by atoms with Crippen molar-refractivity contribution in [3.8, 4) is 22.3 Å². The molecule has 0 bridgehead atoms. The van der Waals surface area contributed by atoms with Gasteiger partial charge in [-0.3, -0.25) is 0 Å². The maximum absolute atomic E-state index is 15.4. The number of benzene rings is 18. The Labute approximate surface area is 823 Å². The summed E-state index contributed by atoms with van der Waals surface area (Å²) in [6, 6.07) is 139. The van der Waals surface area contributed by atoms with Crippen LogP contribution in [0.25, 0.3) is 22.3 Å². The fourth-order valence-corrected chi connectivity index (χ4v) is 24.0. The minimum Gasteiger partial charge on any atom is -0.207 e. The van der Waals surface area contributed by atoms with Crippen molar-refractivity contribution in [1.82, 2.24) is 0 Å². The van der Waals surface area contributed by atoms with Crippen molar-refractivity contribution in [1.29, 1.82) is 0 Å². The van der Waals surface area contributed by atoms with E-state index in [-0.39, 0.29) is 32.7 Å². The van der Waals surface area contributed by atoms with Gasteiger partial charge in [0.15, 0.2) is 114 Å². The van der Waals surface area contributed by atoms with Gasteiger partial charge in [0.1, 0.15) is 52.7 Å². The first kappa shape index (κ1) is 106. The summed E-state index contributed by atoms with van der Waals surface area (Å²) < 4.78 is 353. The molecule has 0 amide bonds. The monoisotopic (exact) mass is 2100 g/mol. The normalized spacial score (nSPS) is 12.0. The standard InChI is InChI=1S/C36H27S2.C25H21S2.C24BF20.C24H19S2.F6P/c1-4-10-28(11-5-1)30-16-20-32(21-17-30)37-33-22-26-36(27-23-33)38(34-14-8-3-9-15-34)35-24-18-31(19-25-35)29-12-6-2-7-13-29;1-20-19-24(17-18-25(20)26-21-11-5-2-6-12-21)27(22-13-7-3-8-14-22)23-15-9-4-10-16-23;26-5-1(6(27)14(35)21(42)13(5)34)25(2-7(28)15(36)22(43)16(37)8(2)29,3-9(30)17(38)23(44)18(39)10(3)31)4-11(32)19(40)24(45)20(41)12(4)33;1-4-10-20(11-5-1)25-21-16-18-24(19-17-21)26(22-12-6-2-7-13-22)23-14-8-3-9-15-23;1-7(2,3,4,5)6/h1-27H;2-19H,1H3;;1-19H;/q2*+1;-1;+1;-1. The molecule has 0 aliphatic heterocycles. The van der Waals surface area contributed by atoms with Crippen LogP contribution in [0.15, 0.2) is 462 Å². The van der Waals surface area contributed by atoms with Gasteiger partial charge in [-0.1, -0.05) is 235 Å². The molecule has 0 aliphatic carbocycles. The van der Waals surface area contributed by atoms with Gasteiger partial charge in [0.2, 0.25) is 0 Å². The predicted octanol–water partition coefficient (Wildman–Crippen LogP) is 33.7. The summed E-state index contributed by atoms with van der Waals surface area (Å²) in [5, 5.41) is 0. The molecule has 0 radical (unpaired) electrons. The number of hydrogen-bond donors (Lipinski definition) is 0. The Morgan fingerprint density at radius 2 is 0.336 bits per heavy atom. The van der Waals surface area contributed by atoms with E-state index in [1.807, 2.05) is 11.8 Å². The summed E-state index contributed by atoms with van der Waals surface area (Å²) in [5.41, 5.74) is -8.02. The maximum atomic E-state index is 15.4. The SMILES string of the molecule is Cc1cc([S+](c2ccccc2)c2ccccc2)ccc1Sc1ccccc1.F[P-](F)(F)(F)(F)F.Fc1c(F)c(F)c([B-](c2c(F)c(F)c(F)c(F)c2F)(c2c(F)c(F)c(F)c(F)c2F)c2c(F)c(F)c(F)c(F)c2F)c(F)c1F.c1ccc(-c2ccc(Sc3ccc([S+](c4ccccc4)c4ccc(-c5ccccc5)cc4)cc3)cc2)cc1.c1ccc(Sc2ccc([S+](c3ccccc3)c3ccccc3)cc2)cc1. The molecule has 18 aromatic rings. The molecule has 0 heterocycles. The molecule has 0 N–H and O–H groups in total. The minimum absolute atomic E-state index is 0.0786. The van der Waals surface area contributed by atoms with Crippen LogP contribution in [0.1, 0.15) is 5.56 Å². The van der Waals surface area contributed by atoms with Crippen LogP contribution in [0, 0.1) is 123 Å². The van der Waals surface area contributed by atoms with E-state index in [2.05, 4.69) is 395 Å². The van der Waals surface area contributed by atoms with Gasteiger partial charge in [0, 0.05) is 29.4 Å². The van der Waals surface area contributed by atoms with Gasteiger partial charge in [-0.25, -0.2) is 87.8 Å². The Morgan fingerprint density at radius 3 is 0.573 bits per heavy atom. The Hall–Kier alpha value is -13.3. The van der Waals surface area contributed by atoms with Crippen LogP contribution < -0.4 is 21.9 Å². The summed E-state index contributed by atoms with van der Waals surface area (Å²) in [6.07, 6.45) is -7.22. The van der Waals surface area contributed by atoms with E-state index in [0.29, 0.717) is 0 Å². The Kier molecular flexibility index (Phi) is 33.3. The molecule has 0 spiro atoms. The van der Waals surface area contributed by atoms with E-state index in [4.69, 9.17) is 0 Å². The van der Waals surface area contributed by atoms with Gasteiger partial charge in [0.25, 0.3) is 0 Å². The molecule has 0 aliphatic rings. The zero-order valence-electron chi connectivity index (χ0n) is 73.3. The van der Waals surface area contributed by atoms with Crippen molar-refractivity contribution in [2.75, 3.05) is 0 Å². The maximum Gasteiger partial charge on any atom is 0.200 e. The molecule has 1 unspecified atom stereocenters. The van der Waals surface area contributed by atoms with E-state index in [1.165, 1.54) is 101 Å². The van der Waals surface area contributed by atoms with Crippen LogP contribution in [-0.2, 0) is 32.7 Å². The molecule has 1 atom stereocenters. The summed E-state index contributed by atoms with van der Waals surface area (Å²) in [5.74, 6) is -71.4. The molecule has 143 heavy (non-hydrogen) atoms. The Bertz CT molecular complexity index is 7010. The van der Waals surface area contributed by atoms with Gasteiger partial charge in [-0.2, -0.15) is 0 Å². The van der Waals surface area contributed by atoms with Crippen molar-refractivity contribution >= 4 is 104 Å². The molecule has 0 saturated carbocycles. The van der Waals surface area contributed by atoms with Gasteiger partial charge >= 0.3 is 33.0 Å². The van der Waals surface area contributed by atoms with Gasteiger partial charge in [-0.15, -0.1) is 21.9 Å². The second kappa shape index (κ2) is 45.1. The molecule has 0 fully saturated rings. The Balaban J connectivity index is 0.000000151. The van der Waals surface area contributed by atoms with Gasteiger partial charge in [0.05, 0.1) is 32.7 Å². The van der Waals surface area contributed by atoms with E-state index >= 15 is 35.1 Å². The van der Waals surface area contributed by atoms with Crippen LogP contribution in [0.4, 0.5) is 113 Å². The molecular weight excluding hydrogens is 2040 g/mol. The van der Waals surface area contributed by atoms with E-state index < -0.39 is 152 Å². The van der Waals surface area contributed by atoms with Crippen LogP contribution in [0.3, 0.4) is 0 Å². The van der Waals surface area contributed by atoms with Crippen LogP contribution in [0.2, 0.25) is 0 Å². The van der Waals surface area contributed by atoms with Crippen molar-refractivity contribution in [2.24, 2.45) is 0 Å². The van der Waals surface area contributed by atoms with Crippen molar-refractivity contribution in [3.63, 3.8) is 0 Å². The van der Waals surface area contributed by atoms with Crippen molar-refractivity contribution in [3.05, 3.63) is 510 Å². The van der Waals surface area contributed by atoms with Gasteiger partial charge < -0.3 is 0 Å². The number of rotatable bonds is 21. The second-order valence-corrected chi connectivity index (χ2v) is 42.2. The summed E-state index contributed by atoms with van der Waals surface area (Å²) in [6.45, 7) is 2.21. The Morgan fingerprint density at radius 1 is 0.175 bits per heavy atom. The molecule has 0 nitrogen and oxygen atoms in total. The largest absolute Gasteiger partial charge is 0.207 e. The third-order valence-corrected chi connectivity index (χ3v) is 31.3. The van der Waals surface area contributed by atoms with Gasteiger partial charge in [-0.05, 0) is 223 Å². The van der Waals surface area contributed by atoms with Crippen LogP contribution in [0.5, 0.6) is 0 Å².